The van der Waals surface area contributed by atoms with E-state index in [2.05, 4.69) is 30.9 Å². The van der Waals surface area contributed by atoms with E-state index in [1.165, 1.54) is 6.07 Å². The standard InChI is InChI=1S/C39H45Cl3N8O9/c1-4-39(5-2,45-37(51)33-25(3)36(26-6-8-27(40)9-7-26)49(46-33)31-12-10-28(41)24-29(31)42)38(52)44-15-17-56-19-21-58-23-22-57-20-18-55-16-14-43-30-11-13-32(50(53)54)35-34(30)47-59-48-35/h6-13,24,43H,4-5,14-23H2,1-3H3,(H,44,52)(H,45,51). The first kappa shape index (κ1) is 45.2. The van der Waals surface area contributed by atoms with Crippen LogP contribution in [0.4, 0.5) is 11.4 Å². The summed E-state index contributed by atoms with van der Waals surface area (Å²) in [5, 5.41) is 33.5. The zero-order chi connectivity index (χ0) is 42.4. The van der Waals surface area contributed by atoms with Crippen molar-refractivity contribution in [3.05, 3.63) is 91.0 Å². The van der Waals surface area contributed by atoms with Gasteiger partial charge in [-0.3, -0.25) is 19.7 Å². The Bertz CT molecular complexity index is 2200. The lowest BCUT2D eigenvalue weighted by Gasteiger charge is -2.31. The van der Waals surface area contributed by atoms with Crippen LogP contribution in [-0.2, 0) is 23.7 Å². The van der Waals surface area contributed by atoms with Gasteiger partial charge in [0.25, 0.3) is 5.91 Å². The van der Waals surface area contributed by atoms with Crippen LogP contribution in [0, 0.1) is 17.0 Å². The minimum atomic E-state index is -1.20. The Hall–Kier alpha value is -4.88. The minimum Gasteiger partial charge on any atom is -0.381 e. The smallest absolute Gasteiger partial charge is 0.300 e. The molecule has 59 heavy (non-hydrogen) atoms. The molecule has 0 aliphatic rings. The van der Waals surface area contributed by atoms with Crippen molar-refractivity contribution in [3.63, 3.8) is 0 Å². The van der Waals surface area contributed by atoms with Gasteiger partial charge in [0.1, 0.15) is 5.54 Å². The number of hydrogen-bond acceptors (Lipinski definition) is 13. The summed E-state index contributed by atoms with van der Waals surface area (Å²) in [4.78, 5) is 38.0. The van der Waals surface area contributed by atoms with Crippen molar-refractivity contribution < 1.29 is 38.1 Å². The van der Waals surface area contributed by atoms with Crippen LogP contribution >= 0.6 is 34.8 Å². The third-order valence-corrected chi connectivity index (χ3v) is 10.2. The van der Waals surface area contributed by atoms with Crippen LogP contribution in [0.1, 0.15) is 42.7 Å². The van der Waals surface area contributed by atoms with Crippen molar-refractivity contribution in [1.82, 2.24) is 30.7 Å². The number of halogens is 3. The normalized spacial score (nSPS) is 11.6. The van der Waals surface area contributed by atoms with Gasteiger partial charge in [0.15, 0.2) is 11.2 Å². The van der Waals surface area contributed by atoms with Gasteiger partial charge < -0.3 is 34.9 Å². The van der Waals surface area contributed by atoms with Crippen LogP contribution in [-0.4, -0.2) is 108 Å². The van der Waals surface area contributed by atoms with E-state index in [0.717, 1.165) is 5.56 Å². The molecule has 0 bridgehead atoms. The third kappa shape index (κ3) is 11.7. The Kier molecular flexibility index (Phi) is 16.8. The largest absolute Gasteiger partial charge is 0.381 e. The van der Waals surface area contributed by atoms with Gasteiger partial charge in [-0.25, -0.2) is 9.31 Å². The molecule has 3 aromatic carbocycles. The molecule has 20 heteroatoms. The molecule has 2 amide bonds. The van der Waals surface area contributed by atoms with E-state index in [4.69, 9.17) is 58.8 Å². The molecule has 0 fully saturated rings. The number of nitrogens with zero attached hydrogens (tertiary/aromatic N) is 5. The number of amides is 2. The first-order valence-electron chi connectivity index (χ1n) is 18.9. The average molecular weight is 876 g/mol. The molecule has 0 atom stereocenters. The molecule has 5 aromatic rings. The Morgan fingerprint density at radius 2 is 1.41 bits per heavy atom. The van der Waals surface area contributed by atoms with Gasteiger partial charge in [0.05, 0.1) is 79.9 Å². The summed E-state index contributed by atoms with van der Waals surface area (Å²) in [6.07, 6.45) is 0.674. The lowest BCUT2D eigenvalue weighted by atomic mass is 9.91. The first-order chi connectivity index (χ1) is 28.5. The van der Waals surface area contributed by atoms with Gasteiger partial charge in [0.2, 0.25) is 11.4 Å². The molecule has 17 nitrogen and oxygen atoms in total. The monoisotopic (exact) mass is 874 g/mol. The number of nitro groups is 1. The average Bonchev–Trinajstić information content (AvgIpc) is 3.85. The molecule has 0 radical (unpaired) electrons. The summed E-state index contributed by atoms with van der Waals surface area (Å²) in [6.45, 7) is 8.88. The number of nitrogens with one attached hydrogen (secondary N) is 3. The van der Waals surface area contributed by atoms with Gasteiger partial charge in [0, 0.05) is 40.3 Å². The molecule has 0 saturated carbocycles. The lowest BCUT2D eigenvalue weighted by molar-refractivity contribution is -0.383. The summed E-state index contributed by atoms with van der Waals surface area (Å²) in [5.74, 6) is -0.842. The van der Waals surface area contributed by atoms with Gasteiger partial charge in [-0.1, -0.05) is 60.8 Å². The quantitative estimate of drug-likeness (QED) is 0.0330. The van der Waals surface area contributed by atoms with Crippen LogP contribution in [0.3, 0.4) is 0 Å². The van der Waals surface area contributed by atoms with E-state index in [1.54, 1.807) is 48.0 Å². The zero-order valence-corrected chi connectivity index (χ0v) is 35.0. The molecule has 0 aliphatic heterocycles. The third-order valence-electron chi connectivity index (χ3n) is 9.39. The highest BCUT2D eigenvalue weighted by molar-refractivity contribution is 6.35. The van der Waals surface area contributed by atoms with Crippen LogP contribution < -0.4 is 16.0 Å². The Morgan fingerprint density at radius 3 is 2.02 bits per heavy atom. The maximum atomic E-state index is 13.9. The molecular weight excluding hydrogens is 831 g/mol. The molecular formula is C39H45Cl3N8O9. The molecule has 0 saturated heterocycles. The second-order valence-electron chi connectivity index (χ2n) is 13.1. The second kappa shape index (κ2) is 21.9. The van der Waals surface area contributed by atoms with E-state index in [1.807, 2.05) is 26.0 Å². The van der Waals surface area contributed by atoms with Gasteiger partial charge in [-0.05, 0) is 66.5 Å². The summed E-state index contributed by atoms with van der Waals surface area (Å²) in [6, 6.07) is 15.1. The van der Waals surface area contributed by atoms with Crippen molar-refractivity contribution in [3.8, 4) is 16.9 Å². The van der Waals surface area contributed by atoms with Crippen LogP contribution in [0.25, 0.3) is 28.0 Å². The summed E-state index contributed by atoms with van der Waals surface area (Å²) < 4.78 is 28.5. The Labute approximate surface area is 355 Å². The first-order valence-corrected chi connectivity index (χ1v) is 20.0. The fraction of sp³-hybridized carbons (Fsp3) is 0.410. The molecule has 3 N–H and O–H groups in total. The van der Waals surface area contributed by atoms with E-state index in [9.17, 15) is 19.7 Å². The summed E-state index contributed by atoms with van der Waals surface area (Å²) in [7, 11) is 0. The molecule has 0 aliphatic carbocycles. The van der Waals surface area contributed by atoms with Crippen LogP contribution in [0.2, 0.25) is 15.1 Å². The minimum absolute atomic E-state index is 0.0763. The van der Waals surface area contributed by atoms with E-state index >= 15 is 0 Å². The lowest BCUT2D eigenvalue weighted by Crippen LogP contribution is -2.58. The highest BCUT2D eigenvalue weighted by Gasteiger charge is 2.38. The van der Waals surface area contributed by atoms with Gasteiger partial charge >= 0.3 is 5.69 Å². The second-order valence-corrected chi connectivity index (χ2v) is 14.3. The van der Waals surface area contributed by atoms with Crippen LogP contribution in [0.15, 0.2) is 59.2 Å². The highest BCUT2D eigenvalue weighted by Crippen LogP contribution is 2.34. The van der Waals surface area contributed by atoms with Crippen molar-refractivity contribution in [2.24, 2.45) is 0 Å². The number of nitro benzene ring substituents is 1. The highest BCUT2D eigenvalue weighted by atomic mass is 35.5. The van der Waals surface area contributed by atoms with Crippen molar-refractivity contribution in [2.45, 2.75) is 39.2 Å². The molecule has 0 unspecified atom stereocenters. The number of carbonyl (C=O) groups excluding carboxylic acids is 2. The fourth-order valence-corrected chi connectivity index (χ4v) is 6.75. The van der Waals surface area contributed by atoms with Gasteiger partial charge in [-0.15, -0.1) is 0 Å². The maximum absolute atomic E-state index is 13.9. The van der Waals surface area contributed by atoms with Crippen molar-refractivity contribution in [1.29, 1.82) is 0 Å². The van der Waals surface area contributed by atoms with E-state index < -0.39 is 16.4 Å². The summed E-state index contributed by atoms with van der Waals surface area (Å²) in [5.41, 5.74) is 2.18. The molecule has 2 aromatic heterocycles. The zero-order valence-electron chi connectivity index (χ0n) is 32.7. The number of benzene rings is 3. The topological polar surface area (TPSA) is 207 Å². The number of carbonyl (C=O) groups is 2. The molecule has 5 rings (SSSR count). The molecule has 316 valence electrons. The predicted molar refractivity (Wildman–Crippen MR) is 223 cm³/mol. The summed E-state index contributed by atoms with van der Waals surface area (Å²) >= 11 is 18.9. The number of aromatic nitrogens is 4. The SMILES string of the molecule is CCC(CC)(NC(=O)c1nn(-c2ccc(Cl)cc2Cl)c(-c2ccc(Cl)cc2)c1C)C(=O)NCCOCCOCCOCCOCCNc1ccc([N+](=O)[O-])c2nonc12. The number of fused-ring (bicyclic) bond motifs is 1. The van der Waals surface area contributed by atoms with Gasteiger partial charge in [-0.2, -0.15) is 5.10 Å². The Morgan fingerprint density at radius 1 is 0.814 bits per heavy atom. The number of hydrogen-bond donors (Lipinski definition) is 3. The number of ether oxygens (including phenoxy) is 4. The fourth-order valence-electron chi connectivity index (χ4n) is 6.14. The van der Waals surface area contributed by atoms with Crippen LogP contribution in [0.5, 0.6) is 0 Å². The number of non-ortho nitro benzene ring substituents is 1. The number of anilines is 1. The van der Waals surface area contributed by atoms with E-state index in [0.29, 0.717) is 103 Å². The molecule has 2 heterocycles. The van der Waals surface area contributed by atoms with Crippen molar-refractivity contribution in [2.75, 3.05) is 71.3 Å². The predicted octanol–water partition coefficient (Wildman–Crippen LogP) is 6.84. The maximum Gasteiger partial charge on any atom is 0.300 e. The molecule has 0 spiro atoms. The van der Waals surface area contributed by atoms with E-state index in [-0.39, 0.29) is 41.5 Å². The Balaban J connectivity index is 0.983. The van der Waals surface area contributed by atoms with Crippen molar-refractivity contribution >= 4 is 69.0 Å². The number of rotatable bonds is 24.